The van der Waals surface area contributed by atoms with E-state index in [1.54, 1.807) is 5.01 Å². The van der Waals surface area contributed by atoms with Crippen molar-refractivity contribution in [3.05, 3.63) is 29.3 Å². The van der Waals surface area contributed by atoms with Gasteiger partial charge < -0.3 is 0 Å². The standard InChI is InChI=1S/C13H17ClN2O/c14-11-6-8-12(9-7-11)15-16(10-17)13-4-2-1-3-5-13/h6-10,13,15H,1-5H2. The Balaban J connectivity index is 1.98. The molecule has 1 fully saturated rings. The molecule has 17 heavy (non-hydrogen) atoms. The molecule has 1 amide bonds. The Morgan fingerprint density at radius 2 is 1.82 bits per heavy atom. The Kier molecular flexibility index (Phi) is 4.26. The third-order valence-electron chi connectivity index (χ3n) is 3.18. The maximum atomic E-state index is 11.1. The highest BCUT2D eigenvalue weighted by atomic mass is 35.5. The van der Waals surface area contributed by atoms with Crippen LogP contribution in [0.25, 0.3) is 0 Å². The van der Waals surface area contributed by atoms with Crippen LogP contribution in [0, 0.1) is 0 Å². The van der Waals surface area contributed by atoms with Crippen LogP contribution in [-0.2, 0) is 4.79 Å². The monoisotopic (exact) mass is 252 g/mol. The normalized spacial score (nSPS) is 16.5. The zero-order valence-corrected chi connectivity index (χ0v) is 10.5. The van der Waals surface area contributed by atoms with Crippen molar-refractivity contribution in [3.8, 4) is 0 Å². The molecule has 2 rings (SSSR count). The average molecular weight is 253 g/mol. The van der Waals surface area contributed by atoms with Gasteiger partial charge in [0.25, 0.3) is 0 Å². The lowest BCUT2D eigenvalue weighted by Crippen LogP contribution is -2.39. The van der Waals surface area contributed by atoms with Crippen molar-refractivity contribution in [2.24, 2.45) is 0 Å². The Labute approximate surface area is 107 Å². The number of amides is 1. The number of nitrogens with one attached hydrogen (secondary N) is 1. The first-order valence-corrected chi connectivity index (χ1v) is 6.43. The first-order valence-electron chi connectivity index (χ1n) is 6.05. The molecule has 0 aromatic heterocycles. The number of hydrogen-bond donors (Lipinski definition) is 1. The largest absolute Gasteiger partial charge is 0.296 e. The summed E-state index contributed by atoms with van der Waals surface area (Å²) in [6.45, 7) is 0. The van der Waals surface area contributed by atoms with Crippen LogP contribution in [0.15, 0.2) is 24.3 Å². The van der Waals surface area contributed by atoms with Crippen LogP contribution in [0.5, 0.6) is 0 Å². The predicted octanol–water partition coefficient (Wildman–Crippen LogP) is 3.46. The summed E-state index contributed by atoms with van der Waals surface area (Å²) < 4.78 is 0. The molecular formula is C13H17ClN2O. The second-order valence-electron chi connectivity index (χ2n) is 4.42. The van der Waals surface area contributed by atoms with E-state index >= 15 is 0 Å². The third-order valence-corrected chi connectivity index (χ3v) is 3.44. The van der Waals surface area contributed by atoms with Gasteiger partial charge in [-0.05, 0) is 37.1 Å². The number of benzene rings is 1. The molecule has 0 saturated heterocycles. The van der Waals surface area contributed by atoms with E-state index in [0.717, 1.165) is 24.9 Å². The zero-order chi connectivity index (χ0) is 12.1. The molecule has 0 spiro atoms. The van der Waals surface area contributed by atoms with Crippen molar-refractivity contribution in [2.75, 3.05) is 5.43 Å². The lowest BCUT2D eigenvalue weighted by molar-refractivity contribution is -0.119. The summed E-state index contributed by atoms with van der Waals surface area (Å²) in [5, 5.41) is 2.38. The summed E-state index contributed by atoms with van der Waals surface area (Å²) in [6.07, 6.45) is 6.74. The smallest absolute Gasteiger partial charge is 0.228 e. The Bertz CT molecular complexity index is 360. The summed E-state index contributed by atoms with van der Waals surface area (Å²) >= 11 is 5.82. The number of hydrazine groups is 1. The number of halogens is 1. The SMILES string of the molecule is O=CN(Nc1ccc(Cl)cc1)C1CCCCC1. The van der Waals surface area contributed by atoms with Gasteiger partial charge in [0.15, 0.2) is 0 Å². The number of rotatable bonds is 4. The lowest BCUT2D eigenvalue weighted by Gasteiger charge is -2.31. The first-order chi connectivity index (χ1) is 8.29. The second-order valence-corrected chi connectivity index (χ2v) is 4.86. The van der Waals surface area contributed by atoms with Gasteiger partial charge in [0.05, 0.1) is 11.7 Å². The number of carbonyl (C=O) groups excluding carboxylic acids is 1. The van der Waals surface area contributed by atoms with Gasteiger partial charge >= 0.3 is 0 Å². The Morgan fingerprint density at radius 1 is 1.18 bits per heavy atom. The number of hydrogen-bond acceptors (Lipinski definition) is 2. The minimum absolute atomic E-state index is 0.317. The minimum Gasteiger partial charge on any atom is -0.296 e. The van der Waals surface area contributed by atoms with Gasteiger partial charge in [-0.25, -0.2) is 0 Å². The average Bonchev–Trinajstić information content (AvgIpc) is 2.39. The van der Waals surface area contributed by atoms with Gasteiger partial charge in [-0.15, -0.1) is 0 Å². The molecule has 0 aliphatic heterocycles. The fourth-order valence-corrected chi connectivity index (χ4v) is 2.36. The van der Waals surface area contributed by atoms with E-state index in [0.29, 0.717) is 11.1 Å². The van der Waals surface area contributed by atoms with Crippen molar-refractivity contribution >= 4 is 23.7 Å². The quantitative estimate of drug-likeness (QED) is 0.658. The summed E-state index contributed by atoms with van der Waals surface area (Å²) in [5.74, 6) is 0. The molecular weight excluding hydrogens is 236 g/mol. The van der Waals surface area contributed by atoms with Crippen LogP contribution >= 0.6 is 11.6 Å². The van der Waals surface area contributed by atoms with Gasteiger partial charge in [0, 0.05) is 5.02 Å². The topological polar surface area (TPSA) is 32.3 Å². The van der Waals surface area contributed by atoms with Crippen LogP contribution in [0.4, 0.5) is 5.69 Å². The van der Waals surface area contributed by atoms with E-state index in [1.165, 1.54) is 19.3 Å². The van der Waals surface area contributed by atoms with Crippen LogP contribution in [0.3, 0.4) is 0 Å². The molecule has 0 unspecified atom stereocenters. The molecule has 92 valence electrons. The van der Waals surface area contributed by atoms with Crippen LogP contribution in [0.1, 0.15) is 32.1 Å². The second kappa shape index (κ2) is 5.92. The molecule has 1 saturated carbocycles. The molecule has 0 heterocycles. The van der Waals surface area contributed by atoms with E-state index in [2.05, 4.69) is 5.43 Å². The number of anilines is 1. The number of nitrogens with zero attached hydrogens (tertiary/aromatic N) is 1. The zero-order valence-electron chi connectivity index (χ0n) is 9.73. The van der Waals surface area contributed by atoms with Gasteiger partial charge in [0.2, 0.25) is 6.41 Å². The predicted molar refractivity (Wildman–Crippen MR) is 69.9 cm³/mol. The molecule has 1 aliphatic carbocycles. The van der Waals surface area contributed by atoms with E-state index < -0.39 is 0 Å². The van der Waals surface area contributed by atoms with Crippen molar-refractivity contribution < 1.29 is 4.79 Å². The fraction of sp³-hybridized carbons (Fsp3) is 0.462. The molecule has 0 bridgehead atoms. The van der Waals surface area contributed by atoms with Crippen molar-refractivity contribution in [1.29, 1.82) is 0 Å². The van der Waals surface area contributed by atoms with Gasteiger partial charge in [-0.1, -0.05) is 30.9 Å². The molecule has 1 N–H and O–H groups in total. The number of carbonyl (C=O) groups is 1. The molecule has 1 aliphatic rings. The molecule has 3 nitrogen and oxygen atoms in total. The highest BCUT2D eigenvalue weighted by molar-refractivity contribution is 6.30. The Morgan fingerprint density at radius 3 is 2.41 bits per heavy atom. The van der Waals surface area contributed by atoms with E-state index in [4.69, 9.17) is 11.6 Å². The molecule has 4 heteroatoms. The van der Waals surface area contributed by atoms with Gasteiger partial charge in [-0.2, -0.15) is 0 Å². The van der Waals surface area contributed by atoms with Gasteiger partial charge in [-0.3, -0.25) is 15.2 Å². The van der Waals surface area contributed by atoms with E-state index in [1.807, 2.05) is 24.3 Å². The van der Waals surface area contributed by atoms with Crippen molar-refractivity contribution in [3.63, 3.8) is 0 Å². The lowest BCUT2D eigenvalue weighted by atomic mass is 9.95. The summed E-state index contributed by atoms with van der Waals surface area (Å²) in [5.41, 5.74) is 4.03. The molecule has 0 radical (unpaired) electrons. The fourth-order valence-electron chi connectivity index (χ4n) is 2.24. The van der Waals surface area contributed by atoms with Crippen molar-refractivity contribution in [1.82, 2.24) is 5.01 Å². The minimum atomic E-state index is 0.317. The summed E-state index contributed by atoms with van der Waals surface area (Å²) in [4.78, 5) is 11.1. The summed E-state index contributed by atoms with van der Waals surface area (Å²) in [7, 11) is 0. The van der Waals surface area contributed by atoms with E-state index in [-0.39, 0.29) is 0 Å². The Hall–Kier alpha value is -1.22. The van der Waals surface area contributed by atoms with Crippen LogP contribution in [0.2, 0.25) is 5.02 Å². The highest BCUT2D eigenvalue weighted by Gasteiger charge is 2.19. The highest BCUT2D eigenvalue weighted by Crippen LogP contribution is 2.22. The maximum Gasteiger partial charge on any atom is 0.228 e. The third kappa shape index (κ3) is 3.37. The van der Waals surface area contributed by atoms with Crippen LogP contribution in [-0.4, -0.2) is 17.5 Å². The molecule has 1 aromatic carbocycles. The molecule has 0 atom stereocenters. The first kappa shape index (κ1) is 12.2. The summed E-state index contributed by atoms with van der Waals surface area (Å²) in [6, 6.07) is 7.70. The van der Waals surface area contributed by atoms with Crippen LogP contribution < -0.4 is 5.43 Å². The molecule has 1 aromatic rings. The van der Waals surface area contributed by atoms with Crippen molar-refractivity contribution in [2.45, 2.75) is 38.1 Å². The maximum absolute atomic E-state index is 11.1. The van der Waals surface area contributed by atoms with Gasteiger partial charge in [0.1, 0.15) is 0 Å². The van der Waals surface area contributed by atoms with E-state index in [9.17, 15) is 4.79 Å².